The minimum atomic E-state index is -0.406. The van der Waals surface area contributed by atoms with Crippen LogP contribution < -0.4 is 4.74 Å². The minimum Gasteiger partial charge on any atom is -0.496 e. The Kier molecular flexibility index (Phi) is 7.26. The molecule has 186 valence electrons. The number of amides is 1. The Hall–Kier alpha value is -2.96. The molecule has 1 saturated carbocycles. The van der Waals surface area contributed by atoms with Gasteiger partial charge < -0.3 is 9.64 Å². The number of fused-ring (bicyclic) bond motifs is 1. The number of carbonyl (C=O) groups is 1. The molecule has 7 heteroatoms. The molecule has 0 saturated heterocycles. The quantitative estimate of drug-likeness (QED) is 0.258. The van der Waals surface area contributed by atoms with Crippen LogP contribution in [0.4, 0.5) is 4.39 Å². The maximum Gasteiger partial charge on any atom is 0.266 e. The second kappa shape index (κ2) is 10.6. The number of aromatic nitrogens is 1. The molecule has 2 aromatic carbocycles. The standard InChI is InChI=1S/C29H28ClFN2O2S/c1-18-8-11-22(12-9-18)33(29(34)28-27(30)26-23(31)6-3-7-25(26)36-28)17-21-15-19(10-13-24(21)35-2)20-5-4-14-32-16-20/h3-7,10,13-16,18,22H,8-9,11-12,17H2,1-2H3. The van der Waals surface area contributed by atoms with Gasteiger partial charge in [0.05, 0.1) is 12.1 Å². The topological polar surface area (TPSA) is 42.4 Å². The molecule has 36 heavy (non-hydrogen) atoms. The van der Waals surface area contributed by atoms with Crippen LogP contribution in [0.1, 0.15) is 47.8 Å². The Labute approximate surface area is 219 Å². The number of hydrogen-bond donors (Lipinski definition) is 0. The van der Waals surface area contributed by atoms with Crippen molar-refractivity contribution in [2.45, 2.75) is 45.2 Å². The average Bonchev–Trinajstić information content (AvgIpc) is 3.25. The maximum absolute atomic E-state index is 14.5. The van der Waals surface area contributed by atoms with Crippen molar-refractivity contribution in [3.05, 3.63) is 82.2 Å². The van der Waals surface area contributed by atoms with Gasteiger partial charge in [0.15, 0.2) is 0 Å². The molecule has 1 aliphatic rings. The lowest BCUT2D eigenvalue weighted by Gasteiger charge is -2.36. The first-order chi connectivity index (χ1) is 17.5. The fourth-order valence-corrected chi connectivity index (χ4v) is 6.57. The van der Waals surface area contributed by atoms with E-state index in [1.54, 1.807) is 25.4 Å². The van der Waals surface area contributed by atoms with E-state index in [9.17, 15) is 9.18 Å². The van der Waals surface area contributed by atoms with Gasteiger partial charge in [-0.25, -0.2) is 4.39 Å². The molecule has 1 amide bonds. The second-order valence-electron chi connectivity index (χ2n) is 9.47. The molecule has 4 nitrogen and oxygen atoms in total. The Bertz CT molecular complexity index is 1380. The lowest BCUT2D eigenvalue weighted by Crippen LogP contribution is -2.41. The van der Waals surface area contributed by atoms with Crippen molar-refractivity contribution in [2.75, 3.05) is 7.11 Å². The Morgan fingerprint density at radius 1 is 1.14 bits per heavy atom. The Morgan fingerprint density at radius 2 is 1.94 bits per heavy atom. The fourth-order valence-electron chi connectivity index (χ4n) is 5.06. The average molecular weight is 523 g/mol. The number of ether oxygens (including phenoxy) is 1. The zero-order chi connectivity index (χ0) is 25.2. The summed E-state index contributed by atoms with van der Waals surface area (Å²) in [6.45, 7) is 2.64. The third-order valence-electron chi connectivity index (χ3n) is 7.10. The lowest BCUT2D eigenvalue weighted by atomic mass is 9.86. The molecule has 0 radical (unpaired) electrons. The number of benzene rings is 2. The third-order valence-corrected chi connectivity index (χ3v) is 8.74. The molecule has 0 aliphatic heterocycles. The first-order valence-electron chi connectivity index (χ1n) is 12.2. The predicted octanol–water partition coefficient (Wildman–Crippen LogP) is 7.99. The van der Waals surface area contributed by atoms with Gasteiger partial charge >= 0.3 is 0 Å². The Balaban J connectivity index is 1.55. The highest BCUT2D eigenvalue weighted by atomic mass is 35.5. The molecule has 0 bridgehead atoms. The zero-order valence-electron chi connectivity index (χ0n) is 20.3. The SMILES string of the molecule is COc1ccc(-c2cccnc2)cc1CN(C(=O)c1sc2cccc(F)c2c1Cl)C1CCC(C)CC1. The van der Waals surface area contributed by atoms with E-state index in [2.05, 4.69) is 18.0 Å². The van der Waals surface area contributed by atoms with Crippen LogP contribution in [0.5, 0.6) is 5.75 Å². The molecular formula is C29H28ClFN2O2S. The van der Waals surface area contributed by atoms with Gasteiger partial charge in [0.2, 0.25) is 0 Å². The van der Waals surface area contributed by atoms with E-state index in [-0.39, 0.29) is 17.0 Å². The van der Waals surface area contributed by atoms with Gasteiger partial charge in [-0.05, 0) is 67.5 Å². The van der Waals surface area contributed by atoms with Gasteiger partial charge in [0.25, 0.3) is 5.91 Å². The summed E-state index contributed by atoms with van der Waals surface area (Å²) in [5, 5.41) is 0.518. The van der Waals surface area contributed by atoms with Crippen LogP contribution in [0.25, 0.3) is 21.2 Å². The number of halogens is 2. The summed E-state index contributed by atoms with van der Waals surface area (Å²) in [4.78, 5) is 20.6. The van der Waals surface area contributed by atoms with Crippen molar-refractivity contribution in [3.63, 3.8) is 0 Å². The van der Waals surface area contributed by atoms with Crippen LogP contribution in [0.15, 0.2) is 60.9 Å². The van der Waals surface area contributed by atoms with Crippen LogP contribution in [-0.4, -0.2) is 28.9 Å². The first kappa shape index (κ1) is 24.7. The van der Waals surface area contributed by atoms with Crippen LogP contribution in [-0.2, 0) is 6.54 Å². The summed E-state index contributed by atoms with van der Waals surface area (Å²) in [7, 11) is 1.64. The van der Waals surface area contributed by atoms with E-state index in [4.69, 9.17) is 16.3 Å². The summed E-state index contributed by atoms with van der Waals surface area (Å²) in [6.07, 6.45) is 7.55. The number of carbonyl (C=O) groups excluding carboxylic acids is 1. The van der Waals surface area contributed by atoms with Crippen LogP contribution in [0, 0.1) is 11.7 Å². The number of pyridine rings is 1. The van der Waals surface area contributed by atoms with E-state index >= 15 is 0 Å². The highest BCUT2D eigenvalue weighted by Crippen LogP contribution is 2.39. The summed E-state index contributed by atoms with van der Waals surface area (Å²) >= 11 is 7.88. The van der Waals surface area contributed by atoms with Gasteiger partial charge in [-0.3, -0.25) is 9.78 Å². The molecule has 0 atom stereocenters. The number of hydrogen-bond acceptors (Lipinski definition) is 4. The van der Waals surface area contributed by atoms with Crippen LogP contribution in [0.2, 0.25) is 5.02 Å². The highest BCUT2D eigenvalue weighted by Gasteiger charge is 2.32. The smallest absolute Gasteiger partial charge is 0.266 e. The van der Waals surface area contributed by atoms with Gasteiger partial charge in [-0.1, -0.05) is 36.7 Å². The van der Waals surface area contributed by atoms with E-state index in [1.165, 1.54) is 17.4 Å². The fraction of sp³-hybridized carbons (Fsp3) is 0.310. The van der Waals surface area contributed by atoms with Gasteiger partial charge in [0, 0.05) is 46.2 Å². The predicted molar refractivity (Wildman–Crippen MR) is 144 cm³/mol. The monoisotopic (exact) mass is 522 g/mol. The second-order valence-corrected chi connectivity index (χ2v) is 10.9. The van der Waals surface area contributed by atoms with Gasteiger partial charge in [0.1, 0.15) is 16.4 Å². The van der Waals surface area contributed by atoms with Crippen LogP contribution in [0.3, 0.4) is 0 Å². The molecule has 0 unspecified atom stereocenters. The van der Waals surface area contributed by atoms with Crippen molar-refractivity contribution < 1.29 is 13.9 Å². The largest absolute Gasteiger partial charge is 0.496 e. The number of methoxy groups -OCH3 is 1. The van der Waals surface area contributed by atoms with E-state index in [1.807, 2.05) is 35.4 Å². The van der Waals surface area contributed by atoms with E-state index in [0.29, 0.717) is 27.4 Å². The Morgan fingerprint density at radius 3 is 2.64 bits per heavy atom. The minimum absolute atomic E-state index is 0.0755. The molecule has 0 spiro atoms. The van der Waals surface area contributed by atoms with Crippen molar-refractivity contribution in [3.8, 4) is 16.9 Å². The van der Waals surface area contributed by atoms with Gasteiger partial charge in [-0.2, -0.15) is 0 Å². The number of nitrogens with zero attached hydrogens (tertiary/aromatic N) is 2. The molecule has 1 aliphatic carbocycles. The first-order valence-corrected chi connectivity index (χ1v) is 13.4. The molecule has 0 N–H and O–H groups in total. The van der Waals surface area contributed by atoms with E-state index in [0.717, 1.165) is 48.1 Å². The van der Waals surface area contributed by atoms with Crippen molar-refractivity contribution in [2.24, 2.45) is 5.92 Å². The molecule has 2 heterocycles. The molecular weight excluding hydrogens is 495 g/mol. The van der Waals surface area contributed by atoms with Gasteiger partial charge in [-0.15, -0.1) is 11.3 Å². The highest BCUT2D eigenvalue weighted by molar-refractivity contribution is 7.21. The summed E-state index contributed by atoms with van der Waals surface area (Å²) in [6, 6.07) is 14.8. The maximum atomic E-state index is 14.5. The van der Waals surface area contributed by atoms with E-state index < -0.39 is 5.82 Å². The zero-order valence-corrected chi connectivity index (χ0v) is 21.9. The molecule has 4 aromatic rings. The summed E-state index contributed by atoms with van der Waals surface area (Å²) in [5.74, 6) is 0.799. The number of thiophene rings is 1. The van der Waals surface area contributed by atoms with Crippen molar-refractivity contribution in [1.82, 2.24) is 9.88 Å². The normalized spacial score (nSPS) is 17.8. The number of rotatable bonds is 6. The molecule has 1 fully saturated rings. The molecule has 2 aromatic heterocycles. The lowest BCUT2D eigenvalue weighted by molar-refractivity contribution is 0.0597. The summed E-state index contributed by atoms with van der Waals surface area (Å²) < 4.78 is 20.9. The third kappa shape index (κ3) is 4.84. The molecule has 5 rings (SSSR count). The summed E-state index contributed by atoms with van der Waals surface area (Å²) in [5.41, 5.74) is 2.91. The van der Waals surface area contributed by atoms with Crippen LogP contribution >= 0.6 is 22.9 Å². The van der Waals surface area contributed by atoms with Crippen molar-refractivity contribution >= 4 is 38.9 Å². The van der Waals surface area contributed by atoms with Crippen molar-refractivity contribution in [1.29, 1.82) is 0 Å².